The second-order valence-corrected chi connectivity index (χ2v) is 14.7. The van der Waals surface area contributed by atoms with Crippen LogP contribution in [0.3, 0.4) is 0 Å². The smallest absolute Gasteiger partial charge is 0.247 e. The molecule has 0 amide bonds. The lowest BCUT2D eigenvalue weighted by Gasteiger charge is -2.43. The summed E-state index contributed by atoms with van der Waals surface area (Å²) in [5, 5.41) is 0. The Bertz CT molecular complexity index is 679. The highest BCUT2D eigenvalue weighted by Crippen LogP contribution is 2.64. The normalized spacial score (nSPS) is 17.5. The van der Waals surface area contributed by atoms with E-state index in [1.807, 2.05) is 0 Å². The maximum atomic E-state index is 13.4. The van der Waals surface area contributed by atoms with Crippen molar-refractivity contribution in [3.8, 4) is 0 Å². The second-order valence-electron chi connectivity index (χ2n) is 5.86. The number of rotatable bonds is 9. The molecule has 32 heavy (non-hydrogen) atoms. The Hall–Kier alpha value is -0.173. The number of halogens is 21. The molecule has 0 aromatic rings. The van der Waals surface area contributed by atoms with Crippen LogP contribution in [0.4, 0.5) is 79.0 Å². The predicted molar refractivity (Wildman–Crippen MR) is 73.5 cm³/mol. The molecule has 194 valence electrons. The van der Waals surface area contributed by atoms with Gasteiger partial charge in [0.15, 0.2) is 0 Å². The summed E-state index contributed by atoms with van der Waals surface area (Å²) in [6.45, 7) is 0. The van der Waals surface area contributed by atoms with Crippen LogP contribution in [0, 0.1) is 0 Å². The third kappa shape index (κ3) is 4.55. The summed E-state index contributed by atoms with van der Waals surface area (Å²) in [4.78, 5) is 0. The minimum atomic E-state index is -8.75. The van der Waals surface area contributed by atoms with Gasteiger partial charge < -0.3 is 0 Å². The van der Waals surface area contributed by atoms with Crippen LogP contribution >= 0.6 is 33.2 Å². The molecule has 0 radical (unpaired) electrons. The first-order chi connectivity index (χ1) is 13.4. The zero-order valence-electron chi connectivity index (χ0n) is 13.7. The van der Waals surface area contributed by atoms with E-state index in [2.05, 4.69) is 0 Å². The van der Waals surface area contributed by atoms with Crippen molar-refractivity contribution in [1.29, 1.82) is 0 Å². The van der Waals surface area contributed by atoms with E-state index in [4.69, 9.17) is 33.2 Å². The Labute approximate surface area is 178 Å². The van der Waals surface area contributed by atoms with E-state index in [-0.39, 0.29) is 0 Å². The molecule has 0 nitrogen and oxygen atoms in total. The van der Waals surface area contributed by atoms with Crippen molar-refractivity contribution in [3.05, 3.63) is 0 Å². The summed E-state index contributed by atoms with van der Waals surface area (Å²) in [5.74, 6) is -61.5. The number of alkyl halides is 18. The Kier molecular flexibility index (Phi) is 8.16. The van der Waals surface area contributed by atoms with Gasteiger partial charge in [0, 0.05) is 0 Å². The summed E-state index contributed by atoms with van der Waals surface area (Å²) in [7, 11) is 0. The fraction of sp³-hybridized carbons (Fsp3) is 1.00. The highest BCUT2D eigenvalue weighted by molar-refractivity contribution is 7.65. The molecule has 0 aliphatic carbocycles. The maximum absolute atomic E-state index is 13.4. The molecule has 0 fully saturated rings. The topological polar surface area (TPSA) is 0 Å². The lowest BCUT2D eigenvalue weighted by Crippen LogP contribution is -2.74. The molecule has 0 aliphatic heterocycles. The fourth-order valence-corrected chi connectivity index (χ4v) is 2.85. The summed E-state index contributed by atoms with van der Waals surface area (Å²) < 4.78 is 234. The number of hydrogen-bond donors (Lipinski definition) is 0. The van der Waals surface area contributed by atoms with Crippen LogP contribution in [-0.4, -0.2) is 59.4 Å². The van der Waals surface area contributed by atoms with Crippen molar-refractivity contribution in [3.63, 3.8) is 0 Å². The first-order valence-corrected chi connectivity index (χ1v) is 11.9. The third-order valence-corrected chi connectivity index (χ3v) is 6.62. The molecule has 0 heterocycles. The van der Waals surface area contributed by atoms with Gasteiger partial charge >= 0.3 is 53.6 Å². The molecular formula is C10H3Cl3F18Si. The largest absolute Gasteiger partial charge is 0.460 e. The van der Waals surface area contributed by atoms with Crippen LogP contribution < -0.4 is 0 Å². The summed E-state index contributed by atoms with van der Waals surface area (Å²) in [5.41, 5.74) is 0. The summed E-state index contributed by atoms with van der Waals surface area (Å²) in [6, 6.07) is -5.15. The van der Waals surface area contributed by atoms with Crippen LogP contribution in [0.15, 0.2) is 0 Å². The van der Waals surface area contributed by atoms with E-state index in [1.54, 1.807) is 0 Å². The molecule has 1 atom stereocenters. The van der Waals surface area contributed by atoms with Gasteiger partial charge in [-0.15, -0.1) is 33.2 Å². The van der Waals surface area contributed by atoms with Gasteiger partial charge in [0.2, 0.25) is 0 Å². The van der Waals surface area contributed by atoms with Crippen LogP contribution in [0.1, 0.15) is 6.42 Å². The van der Waals surface area contributed by atoms with Gasteiger partial charge in [-0.1, -0.05) is 0 Å². The molecule has 0 aliphatic rings. The first kappa shape index (κ1) is 31.8. The SMILES string of the molecule is FC(CC(F)(F)C(F)(F)C(F)(F)C(F)(F)C(F)(F)C(F)(F)C(F)(F)C(F)(F)F)[Si](Cl)(Cl)Cl. The minimum Gasteiger partial charge on any atom is -0.247 e. The molecule has 0 aromatic heterocycles. The van der Waals surface area contributed by atoms with E-state index in [0.29, 0.717) is 0 Å². The fourth-order valence-electron chi connectivity index (χ4n) is 1.67. The lowest BCUT2D eigenvalue weighted by molar-refractivity contribution is -0.462. The van der Waals surface area contributed by atoms with Gasteiger partial charge in [0.25, 0.3) is 0 Å². The van der Waals surface area contributed by atoms with Gasteiger partial charge in [0.1, 0.15) is 5.79 Å². The summed E-state index contributed by atoms with van der Waals surface area (Å²) >= 11 is 14.2. The quantitative estimate of drug-likeness (QED) is 0.144. The Morgan fingerprint density at radius 2 is 0.719 bits per heavy atom. The number of hydrogen-bond acceptors (Lipinski definition) is 0. The first-order valence-electron chi connectivity index (χ1n) is 6.80. The van der Waals surface area contributed by atoms with E-state index in [0.717, 1.165) is 0 Å². The van der Waals surface area contributed by atoms with Crippen molar-refractivity contribution in [2.45, 2.75) is 59.8 Å². The lowest BCUT2D eigenvalue weighted by atomic mass is 9.88. The Morgan fingerprint density at radius 3 is 0.969 bits per heavy atom. The molecule has 0 aromatic carbocycles. The van der Waals surface area contributed by atoms with Crippen molar-refractivity contribution < 1.29 is 79.0 Å². The van der Waals surface area contributed by atoms with Gasteiger partial charge in [-0.3, -0.25) is 0 Å². The zero-order chi connectivity index (χ0) is 26.8. The molecule has 0 rings (SSSR count). The predicted octanol–water partition coefficient (Wildman–Crippen LogP) is 7.92. The highest BCUT2D eigenvalue weighted by atomic mass is 35.8. The highest BCUT2D eigenvalue weighted by Gasteiger charge is 2.95. The zero-order valence-corrected chi connectivity index (χ0v) is 17.0. The van der Waals surface area contributed by atoms with Gasteiger partial charge in [-0.05, 0) is 0 Å². The monoisotopic (exact) mass is 598 g/mol. The minimum absolute atomic E-state index is 3.41. The Balaban J connectivity index is 6.66. The standard InChI is InChI=1S/C10H3Cl3F18Si/c11-32(12,13)2(14)1-3(15,16)4(17,18)5(19,20)6(21,22)7(23,24)8(25,26)9(27,28)10(29,30)31/h2H,1H2. The van der Waals surface area contributed by atoms with Crippen LogP contribution in [0.5, 0.6) is 0 Å². The van der Waals surface area contributed by atoms with E-state index < -0.39 is 65.9 Å². The molecule has 0 bridgehead atoms. The molecule has 22 heteroatoms. The molecule has 0 N–H and O–H groups in total. The average molecular weight is 600 g/mol. The molecular weight excluding hydrogens is 597 g/mol. The average Bonchev–Trinajstić information content (AvgIpc) is 2.51. The van der Waals surface area contributed by atoms with E-state index in [9.17, 15) is 79.0 Å². The van der Waals surface area contributed by atoms with Gasteiger partial charge in [-0.2, -0.15) is 74.6 Å². The van der Waals surface area contributed by atoms with E-state index >= 15 is 0 Å². The van der Waals surface area contributed by atoms with Crippen molar-refractivity contribution >= 4 is 39.2 Å². The van der Waals surface area contributed by atoms with Crippen LogP contribution in [-0.2, 0) is 0 Å². The Morgan fingerprint density at radius 1 is 0.469 bits per heavy atom. The van der Waals surface area contributed by atoms with E-state index in [1.165, 1.54) is 0 Å². The maximum Gasteiger partial charge on any atom is 0.460 e. The van der Waals surface area contributed by atoms with Crippen LogP contribution in [0.25, 0.3) is 0 Å². The molecule has 1 unspecified atom stereocenters. The third-order valence-electron chi connectivity index (χ3n) is 3.58. The van der Waals surface area contributed by atoms with Gasteiger partial charge in [-0.25, -0.2) is 4.39 Å². The summed E-state index contributed by atoms with van der Waals surface area (Å²) in [6.07, 6.45) is -11.2. The molecule has 0 saturated carbocycles. The van der Waals surface area contributed by atoms with Crippen LogP contribution in [0.2, 0.25) is 0 Å². The molecule has 0 saturated heterocycles. The van der Waals surface area contributed by atoms with Crippen molar-refractivity contribution in [2.24, 2.45) is 0 Å². The van der Waals surface area contributed by atoms with Crippen molar-refractivity contribution in [2.75, 3.05) is 0 Å². The van der Waals surface area contributed by atoms with Crippen molar-refractivity contribution in [1.82, 2.24) is 0 Å². The molecule has 0 spiro atoms. The van der Waals surface area contributed by atoms with Gasteiger partial charge in [0.05, 0.1) is 6.42 Å². The second kappa shape index (κ2) is 8.20.